The third kappa shape index (κ3) is 38.5. The van der Waals surface area contributed by atoms with Gasteiger partial charge in [0.05, 0.1) is 13.2 Å². The highest BCUT2D eigenvalue weighted by atomic mass is 16.5. The molecule has 0 spiro atoms. The van der Waals surface area contributed by atoms with Crippen molar-refractivity contribution in [3.05, 3.63) is 12.2 Å². The van der Waals surface area contributed by atoms with Crippen LogP contribution in [0.4, 0.5) is 0 Å². The minimum absolute atomic E-state index is 0.104. The van der Waals surface area contributed by atoms with Crippen LogP contribution >= 0.6 is 0 Å². The van der Waals surface area contributed by atoms with E-state index in [0.717, 1.165) is 51.4 Å². The van der Waals surface area contributed by atoms with E-state index in [1.807, 2.05) is 0 Å². The summed E-state index contributed by atoms with van der Waals surface area (Å²) < 4.78 is 5.93. The number of esters is 1. The number of aliphatic hydroxyl groups is 1. The molecule has 0 saturated heterocycles. The number of ether oxygens (including phenoxy) is 1. The van der Waals surface area contributed by atoms with Gasteiger partial charge in [-0.05, 0) is 44.6 Å². The van der Waals surface area contributed by atoms with Crippen molar-refractivity contribution in [1.29, 1.82) is 0 Å². The van der Waals surface area contributed by atoms with Crippen LogP contribution in [0.5, 0.6) is 0 Å². The molecule has 56 heavy (non-hydrogen) atoms. The fourth-order valence-electron chi connectivity index (χ4n) is 7.10. The fraction of sp³-hybridized carbons (Fsp3) is 0.872. The third-order valence-corrected chi connectivity index (χ3v) is 10.7. The van der Waals surface area contributed by atoms with Gasteiger partial charge in [0.15, 0.2) is 0 Å². The molecule has 0 heterocycles. The number of carbonyl (C=O) groups excluding carboxylic acids is 3. The molecule has 2 atom stereocenters. The zero-order valence-electron chi connectivity index (χ0n) is 36.4. The van der Waals surface area contributed by atoms with E-state index < -0.39 is 24.5 Å². The number of rotatable bonds is 43. The van der Waals surface area contributed by atoms with E-state index in [1.165, 1.54) is 154 Å². The van der Waals surface area contributed by atoms with Crippen LogP contribution in [-0.2, 0) is 23.9 Å². The summed E-state index contributed by atoms with van der Waals surface area (Å²) in [4.78, 5) is 47.6. The topological polar surface area (TPSA) is 142 Å². The molecule has 2 amide bonds. The molecule has 0 aliphatic heterocycles. The molecule has 0 aromatic rings. The van der Waals surface area contributed by atoms with Crippen LogP contribution in [0.2, 0.25) is 0 Å². The maximum Gasteiger partial charge on any atom is 0.328 e. The molecule has 328 valence electrons. The van der Waals surface area contributed by atoms with Crippen molar-refractivity contribution in [2.24, 2.45) is 0 Å². The Hall–Kier alpha value is -2.42. The van der Waals surface area contributed by atoms with Crippen molar-refractivity contribution in [3.63, 3.8) is 0 Å². The maximum atomic E-state index is 12.8. The Morgan fingerprint density at radius 1 is 0.536 bits per heavy atom. The van der Waals surface area contributed by atoms with Gasteiger partial charge in [-0.1, -0.05) is 193 Å². The number of hydrogen-bond donors (Lipinski definition) is 4. The molecule has 0 bridgehead atoms. The highest BCUT2D eigenvalue weighted by molar-refractivity contribution is 5.87. The second-order valence-corrected chi connectivity index (χ2v) is 16.2. The predicted molar refractivity (Wildman–Crippen MR) is 232 cm³/mol. The van der Waals surface area contributed by atoms with E-state index in [1.54, 1.807) is 0 Å². The van der Waals surface area contributed by atoms with Gasteiger partial charge in [0.1, 0.15) is 12.1 Å². The minimum atomic E-state index is -1.39. The summed E-state index contributed by atoms with van der Waals surface area (Å²) in [5.74, 6) is -2.38. The highest BCUT2D eigenvalue weighted by Crippen LogP contribution is 2.17. The van der Waals surface area contributed by atoms with Gasteiger partial charge in [-0.3, -0.25) is 14.4 Å². The fourth-order valence-corrected chi connectivity index (χ4v) is 7.10. The zero-order valence-corrected chi connectivity index (χ0v) is 36.4. The molecular formula is C47H88N2O7. The van der Waals surface area contributed by atoms with Crippen LogP contribution < -0.4 is 10.6 Å². The predicted octanol–water partition coefficient (Wildman–Crippen LogP) is 11.8. The van der Waals surface area contributed by atoms with Gasteiger partial charge in [0, 0.05) is 12.8 Å². The standard InChI is InChI=1S/C47H88N2O7/c1-3-5-7-9-11-13-14-15-16-17-18-19-20-21-22-23-25-27-29-35-39-46(53)56-42(36-32-28-26-24-12-10-8-6-4-2)37-33-30-31-34-38-44(51)48-40-45(52)49-43(41-50)47(54)55/h32,36,42-43,50H,3-31,33-35,37-41H2,1-2H3,(H,48,51)(H,49,52)(H,54,55)/b36-32-. The quantitative estimate of drug-likeness (QED) is 0.0273. The summed E-state index contributed by atoms with van der Waals surface area (Å²) in [6.07, 6.45) is 45.5. The summed E-state index contributed by atoms with van der Waals surface area (Å²) >= 11 is 0. The van der Waals surface area contributed by atoms with Gasteiger partial charge in [0.2, 0.25) is 11.8 Å². The van der Waals surface area contributed by atoms with E-state index in [2.05, 4.69) is 36.6 Å². The zero-order chi connectivity index (χ0) is 41.2. The van der Waals surface area contributed by atoms with Gasteiger partial charge >= 0.3 is 11.9 Å². The lowest BCUT2D eigenvalue weighted by Gasteiger charge is -2.15. The Morgan fingerprint density at radius 3 is 1.39 bits per heavy atom. The number of carboxylic acid groups (broad SMARTS) is 1. The number of nitrogens with one attached hydrogen (secondary N) is 2. The summed E-state index contributed by atoms with van der Waals surface area (Å²) in [7, 11) is 0. The molecular weight excluding hydrogens is 705 g/mol. The van der Waals surface area contributed by atoms with Crippen LogP contribution in [0, 0.1) is 0 Å². The number of allylic oxidation sites excluding steroid dienone is 1. The van der Waals surface area contributed by atoms with E-state index in [0.29, 0.717) is 12.8 Å². The summed E-state index contributed by atoms with van der Waals surface area (Å²) in [6.45, 7) is 3.47. The normalized spacial score (nSPS) is 12.5. The maximum absolute atomic E-state index is 12.8. The summed E-state index contributed by atoms with van der Waals surface area (Å²) in [5, 5.41) is 22.6. The number of hydrogen-bond acceptors (Lipinski definition) is 6. The minimum Gasteiger partial charge on any atom is -0.480 e. The molecule has 0 saturated carbocycles. The van der Waals surface area contributed by atoms with E-state index in [-0.39, 0.29) is 30.9 Å². The Balaban J connectivity index is 4.16. The molecule has 9 heteroatoms. The lowest BCUT2D eigenvalue weighted by Crippen LogP contribution is -2.47. The van der Waals surface area contributed by atoms with Gasteiger partial charge in [-0.25, -0.2) is 4.79 Å². The average molecular weight is 793 g/mol. The van der Waals surface area contributed by atoms with Crippen LogP contribution in [0.25, 0.3) is 0 Å². The Bertz CT molecular complexity index is 957. The smallest absolute Gasteiger partial charge is 0.328 e. The number of unbranched alkanes of at least 4 members (excludes halogenated alkanes) is 29. The lowest BCUT2D eigenvalue weighted by atomic mass is 10.0. The van der Waals surface area contributed by atoms with Crippen LogP contribution in [0.15, 0.2) is 12.2 Å². The van der Waals surface area contributed by atoms with Crippen molar-refractivity contribution in [2.75, 3.05) is 13.2 Å². The third-order valence-electron chi connectivity index (χ3n) is 10.7. The average Bonchev–Trinajstić information content (AvgIpc) is 3.18. The number of amides is 2. The Labute approximate surface area is 343 Å². The number of aliphatic hydroxyl groups excluding tert-OH is 1. The first-order chi connectivity index (χ1) is 27.3. The second kappa shape index (κ2) is 42.2. The monoisotopic (exact) mass is 793 g/mol. The first kappa shape index (κ1) is 53.6. The van der Waals surface area contributed by atoms with Crippen molar-refractivity contribution in [3.8, 4) is 0 Å². The first-order valence-electron chi connectivity index (χ1n) is 23.6. The molecule has 0 rings (SSSR count). The number of carbonyl (C=O) groups is 4. The van der Waals surface area contributed by atoms with E-state index >= 15 is 0 Å². The molecule has 0 radical (unpaired) electrons. The Morgan fingerprint density at radius 2 is 0.946 bits per heavy atom. The van der Waals surface area contributed by atoms with Gasteiger partial charge < -0.3 is 25.6 Å². The van der Waals surface area contributed by atoms with Crippen LogP contribution in [-0.4, -0.2) is 59.3 Å². The van der Waals surface area contributed by atoms with Crippen molar-refractivity contribution >= 4 is 23.8 Å². The van der Waals surface area contributed by atoms with Crippen LogP contribution in [0.1, 0.15) is 239 Å². The summed E-state index contributed by atoms with van der Waals surface area (Å²) in [6, 6.07) is -1.39. The van der Waals surface area contributed by atoms with Crippen molar-refractivity contribution < 1.29 is 34.1 Å². The van der Waals surface area contributed by atoms with E-state index in [9.17, 15) is 19.2 Å². The van der Waals surface area contributed by atoms with E-state index in [4.69, 9.17) is 14.9 Å². The SMILES string of the molecule is CCCCCCCCC/C=C\C(CCCCCCC(=O)NCC(=O)NC(CO)C(=O)O)OC(=O)CCCCCCCCCCCCCCCCCCCCCC. The number of aliphatic carboxylic acids is 1. The van der Waals surface area contributed by atoms with Gasteiger partial charge in [-0.2, -0.15) is 0 Å². The van der Waals surface area contributed by atoms with Gasteiger partial charge in [0.25, 0.3) is 0 Å². The van der Waals surface area contributed by atoms with Crippen molar-refractivity contribution in [1.82, 2.24) is 10.6 Å². The summed E-state index contributed by atoms with van der Waals surface area (Å²) in [5.41, 5.74) is 0. The van der Waals surface area contributed by atoms with Crippen molar-refractivity contribution in [2.45, 2.75) is 251 Å². The number of carboxylic acids is 1. The highest BCUT2D eigenvalue weighted by Gasteiger charge is 2.19. The second-order valence-electron chi connectivity index (χ2n) is 16.2. The molecule has 4 N–H and O–H groups in total. The molecule has 0 aromatic carbocycles. The molecule has 0 aliphatic rings. The largest absolute Gasteiger partial charge is 0.480 e. The lowest BCUT2D eigenvalue weighted by molar-refractivity contribution is -0.147. The molecule has 0 fully saturated rings. The molecule has 2 unspecified atom stereocenters. The first-order valence-corrected chi connectivity index (χ1v) is 23.6. The molecule has 0 aliphatic carbocycles. The van der Waals surface area contributed by atoms with Gasteiger partial charge in [-0.15, -0.1) is 0 Å². The van der Waals surface area contributed by atoms with Crippen LogP contribution in [0.3, 0.4) is 0 Å². The Kier molecular flexibility index (Phi) is 40.4. The molecule has 9 nitrogen and oxygen atoms in total. The molecule has 0 aromatic heterocycles.